The van der Waals surface area contributed by atoms with Crippen LogP contribution in [-0.2, 0) is 4.74 Å². The fourth-order valence-corrected chi connectivity index (χ4v) is 1.15. The van der Waals surface area contributed by atoms with Crippen LogP contribution in [0.4, 0.5) is 0 Å². The number of aliphatic hydroxyl groups excluding tert-OH is 1. The minimum atomic E-state index is -0.734. The number of hydrogen-bond acceptors (Lipinski definition) is 3. The Kier molecular flexibility index (Phi) is 1.99. The summed E-state index contributed by atoms with van der Waals surface area (Å²) < 4.78 is 5.13. The average Bonchev–Trinajstić information content (AvgIpc) is 2.10. The first kappa shape index (κ1) is 7.98. The van der Waals surface area contributed by atoms with E-state index in [1.807, 2.05) is 0 Å². The lowest BCUT2D eigenvalue weighted by Gasteiger charge is -2.14. The van der Waals surface area contributed by atoms with Gasteiger partial charge in [0.2, 0.25) is 0 Å². The molecule has 0 amide bonds. The van der Waals surface area contributed by atoms with E-state index in [0.717, 1.165) is 0 Å². The molecule has 1 heterocycles. The van der Waals surface area contributed by atoms with Gasteiger partial charge in [0.15, 0.2) is 0 Å². The summed E-state index contributed by atoms with van der Waals surface area (Å²) in [6.45, 7) is 3.73. The van der Waals surface area contributed by atoms with Crippen molar-refractivity contribution in [2.75, 3.05) is 6.61 Å². The van der Waals surface area contributed by atoms with Gasteiger partial charge in [-0.1, -0.05) is 0 Å². The lowest BCUT2D eigenvalue weighted by Crippen LogP contribution is -2.26. The van der Waals surface area contributed by atoms with Crippen LogP contribution in [0.25, 0.3) is 0 Å². The van der Waals surface area contributed by atoms with Crippen LogP contribution >= 0.6 is 0 Å². The molecule has 0 radical (unpaired) electrons. The Morgan fingerprint density at radius 2 is 2.30 bits per heavy atom. The molecule has 0 aliphatic carbocycles. The van der Waals surface area contributed by atoms with E-state index in [-0.39, 0.29) is 6.10 Å². The number of ether oxygens (including phenoxy) is 1. The summed E-state index contributed by atoms with van der Waals surface area (Å²) in [6.07, 6.45) is -0.131. The third-order valence-electron chi connectivity index (χ3n) is 1.79. The average molecular weight is 146 g/mol. The Labute approximate surface area is 60.6 Å². The van der Waals surface area contributed by atoms with Crippen LogP contribution < -0.4 is 0 Å². The van der Waals surface area contributed by atoms with E-state index < -0.39 is 11.7 Å². The largest absolute Gasteiger partial charge is 0.391 e. The van der Waals surface area contributed by atoms with Crippen molar-refractivity contribution in [1.29, 1.82) is 0 Å². The molecule has 1 fully saturated rings. The van der Waals surface area contributed by atoms with Crippen LogP contribution in [0.3, 0.4) is 0 Å². The molecular formula is C7H14O3. The van der Waals surface area contributed by atoms with E-state index >= 15 is 0 Å². The summed E-state index contributed by atoms with van der Waals surface area (Å²) in [5, 5.41) is 18.4. The second-order valence-electron chi connectivity index (χ2n) is 3.29. The fourth-order valence-electron chi connectivity index (χ4n) is 1.15. The van der Waals surface area contributed by atoms with Crippen molar-refractivity contribution in [3.05, 3.63) is 0 Å². The van der Waals surface area contributed by atoms with Crippen molar-refractivity contribution in [2.24, 2.45) is 0 Å². The molecule has 3 nitrogen and oxygen atoms in total. The van der Waals surface area contributed by atoms with Gasteiger partial charge in [-0.25, -0.2) is 0 Å². The van der Waals surface area contributed by atoms with Crippen LogP contribution in [0.1, 0.15) is 20.3 Å². The van der Waals surface area contributed by atoms with Crippen molar-refractivity contribution in [2.45, 2.75) is 38.1 Å². The van der Waals surface area contributed by atoms with Crippen molar-refractivity contribution in [3.8, 4) is 0 Å². The zero-order valence-corrected chi connectivity index (χ0v) is 6.37. The molecule has 10 heavy (non-hydrogen) atoms. The molecule has 0 aromatic carbocycles. The quantitative estimate of drug-likeness (QED) is 0.543. The maximum absolute atomic E-state index is 9.38. The second kappa shape index (κ2) is 2.49. The van der Waals surface area contributed by atoms with Gasteiger partial charge < -0.3 is 14.9 Å². The molecule has 60 valence electrons. The molecule has 0 aromatic rings. The molecular weight excluding hydrogens is 132 g/mol. The Morgan fingerprint density at radius 1 is 1.70 bits per heavy atom. The highest BCUT2D eigenvalue weighted by Gasteiger charge is 2.36. The number of rotatable bonds is 1. The molecule has 1 aliphatic heterocycles. The third-order valence-corrected chi connectivity index (χ3v) is 1.79. The SMILES string of the molecule is C[C@H](O)C1C[C@](C)(O)CO1. The molecule has 0 bridgehead atoms. The van der Waals surface area contributed by atoms with Crippen LogP contribution in [0, 0.1) is 0 Å². The van der Waals surface area contributed by atoms with Gasteiger partial charge in [-0.15, -0.1) is 0 Å². The van der Waals surface area contributed by atoms with Crippen LogP contribution in [0.2, 0.25) is 0 Å². The predicted molar refractivity (Wildman–Crippen MR) is 36.7 cm³/mol. The van der Waals surface area contributed by atoms with E-state index in [1.54, 1.807) is 13.8 Å². The summed E-state index contributed by atoms with van der Waals surface area (Å²) in [5.74, 6) is 0. The highest BCUT2D eigenvalue weighted by molar-refractivity contribution is 4.85. The molecule has 3 atom stereocenters. The minimum absolute atomic E-state index is 0.185. The van der Waals surface area contributed by atoms with Gasteiger partial charge in [0.25, 0.3) is 0 Å². The van der Waals surface area contributed by atoms with E-state index in [9.17, 15) is 5.11 Å². The molecule has 2 N–H and O–H groups in total. The fraction of sp³-hybridized carbons (Fsp3) is 1.00. The summed E-state index contributed by atoms with van der Waals surface area (Å²) >= 11 is 0. The van der Waals surface area contributed by atoms with Crippen LogP contribution in [0.15, 0.2) is 0 Å². The summed E-state index contributed by atoms with van der Waals surface area (Å²) in [5.41, 5.74) is -0.734. The predicted octanol–water partition coefficient (Wildman–Crippen LogP) is -0.0929. The van der Waals surface area contributed by atoms with Crippen molar-refractivity contribution >= 4 is 0 Å². The standard InChI is InChI=1S/C7H14O3/c1-5(8)6-3-7(2,9)4-10-6/h5-6,8-9H,3-4H2,1-2H3/t5-,6?,7-/m0/s1. The smallest absolute Gasteiger partial charge is 0.0878 e. The minimum Gasteiger partial charge on any atom is -0.391 e. The summed E-state index contributed by atoms with van der Waals surface area (Å²) in [7, 11) is 0. The van der Waals surface area contributed by atoms with Gasteiger partial charge in [-0.2, -0.15) is 0 Å². The van der Waals surface area contributed by atoms with E-state index in [0.29, 0.717) is 13.0 Å². The van der Waals surface area contributed by atoms with Gasteiger partial charge in [-0.05, 0) is 13.8 Å². The van der Waals surface area contributed by atoms with Crippen molar-refractivity contribution in [3.63, 3.8) is 0 Å². The van der Waals surface area contributed by atoms with Crippen LogP contribution in [0.5, 0.6) is 0 Å². The summed E-state index contributed by atoms with van der Waals surface area (Å²) in [6, 6.07) is 0. The highest BCUT2D eigenvalue weighted by atomic mass is 16.5. The van der Waals surface area contributed by atoms with Crippen molar-refractivity contribution < 1.29 is 14.9 Å². The molecule has 3 heteroatoms. The zero-order valence-electron chi connectivity index (χ0n) is 6.37. The van der Waals surface area contributed by atoms with Gasteiger partial charge in [0.05, 0.1) is 24.4 Å². The van der Waals surface area contributed by atoms with Gasteiger partial charge >= 0.3 is 0 Å². The van der Waals surface area contributed by atoms with Gasteiger partial charge in [0.1, 0.15) is 0 Å². The first-order valence-electron chi connectivity index (χ1n) is 3.53. The normalized spacial score (nSPS) is 43.8. The summed E-state index contributed by atoms with van der Waals surface area (Å²) in [4.78, 5) is 0. The maximum atomic E-state index is 9.38. The van der Waals surface area contributed by atoms with E-state index in [1.165, 1.54) is 0 Å². The van der Waals surface area contributed by atoms with Crippen molar-refractivity contribution in [1.82, 2.24) is 0 Å². The second-order valence-corrected chi connectivity index (χ2v) is 3.29. The first-order valence-corrected chi connectivity index (χ1v) is 3.53. The van der Waals surface area contributed by atoms with Gasteiger partial charge in [0, 0.05) is 6.42 Å². The van der Waals surface area contributed by atoms with E-state index in [2.05, 4.69) is 0 Å². The molecule has 1 unspecified atom stereocenters. The first-order chi connectivity index (χ1) is 4.51. The molecule has 0 saturated carbocycles. The highest BCUT2D eigenvalue weighted by Crippen LogP contribution is 2.24. The lowest BCUT2D eigenvalue weighted by molar-refractivity contribution is -0.000718. The topological polar surface area (TPSA) is 49.7 Å². The number of aliphatic hydroxyl groups is 2. The Morgan fingerprint density at radius 3 is 2.50 bits per heavy atom. The lowest BCUT2D eigenvalue weighted by atomic mass is 10.0. The Balaban J connectivity index is 2.43. The van der Waals surface area contributed by atoms with Gasteiger partial charge in [-0.3, -0.25) is 0 Å². The molecule has 1 rings (SSSR count). The van der Waals surface area contributed by atoms with Crippen LogP contribution in [-0.4, -0.2) is 34.6 Å². The van der Waals surface area contributed by atoms with E-state index in [4.69, 9.17) is 9.84 Å². The maximum Gasteiger partial charge on any atom is 0.0878 e. The molecule has 1 aliphatic rings. The molecule has 0 spiro atoms. The monoisotopic (exact) mass is 146 g/mol. The zero-order chi connectivity index (χ0) is 7.78. The third kappa shape index (κ3) is 1.68. The molecule has 0 aromatic heterocycles. The Hall–Kier alpha value is -0.120. The number of hydrogen-bond donors (Lipinski definition) is 2. The molecule has 1 saturated heterocycles. The Bertz CT molecular complexity index is 120.